The molecular formula is C25H25N5O3. The molecule has 3 heterocycles. The molecule has 0 radical (unpaired) electrons. The van der Waals surface area contributed by atoms with Crippen molar-refractivity contribution in [3.8, 4) is 34.3 Å². The van der Waals surface area contributed by atoms with Crippen LogP contribution in [0.5, 0.6) is 5.75 Å². The second kappa shape index (κ2) is 7.88. The van der Waals surface area contributed by atoms with Crippen LogP contribution in [-0.4, -0.2) is 32.4 Å². The number of ether oxygens (including phenoxy) is 1. The maximum atomic E-state index is 12.5. The Labute approximate surface area is 191 Å². The molecule has 1 amide bonds. The fourth-order valence-electron chi connectivity index (χ4n) is 3.75. The van der Waals surface area contributed by atoms with Crippen LogP contribution in [-0.2, 0) is 6.61 Å². The van der Waals surface area contributed by atoms with Crippen LogP contribution in [0.2, 0.25) is 0 Å². The largest absolute Gasteiger partial charge is 0.488 e. The first-order valence-electron chi connectivity index (χ1n) is 10.8. The third kappa shape index (κ3) is 4.00. The van der Waals surface area contributed by atoms with Gasteiger partial charge in [0.25, 0.3) is 11.8 Å². The molecule has 0 bridgehead atoms. The summed E-state index contributed by atoms with van der Waals surface area (Å²) in [5.74, 6) is 1.51. The quantitative estimate of drug-likeness (QED) is 0.497. The van der Waals surface area contributed by atoms with Gasteiger partial charge in [-0.25, -0.2) is 4.68 Å². The zero-order chi connectivity index (χ0) is 23.2. The first kappa shape index (κ1) is 20.9. The van der Waals surface area contributed by atoms with Gasteiger partial charge in [-0.1, -0.05) is 32.9 Å². The fraction of sp³-hybridized carbons (Fsp3) is 0.280. The molecule has 2 aromatic heterocycles. The van der Waals surface area contributed by atoms with Gasteiger partial charge in [-0.05, 0) is 41.8 Å². The molecule has 0 atom stereocenters. The molecule has 33 heavy (non-hydrogen) atoms. The van der Waals surface area contributed by atoms with Gasteiger partial charge in [0.05, 0.1) is 11.4 Å². The minimum absolute atomic E-state index is 0.0166. The second-order valence-corrected chi connectivity index (χ2v) is 9.29. The summed E-state index contributed by atoms with van der Waals surface area (Å²) in [7, 11) is 0. The van der Waals surface area contributed by atoms with Gasteiger partial charge in [0.15, 0.2) is 5.69 Å². The van der Waals surface area contributed by atoms with Crippen LogP contribution in [0.3, 0.4) is 0 Å². The second-order valence-electron chi connectivity index (χ2n) is 9.29. The molecule has 2 aromatic carbocycles. The Morgan fingerprint density at radius 1 is 1.09 bits per heavy atom. The minimum Gasteiger partial charge on any atom is -0.488 e. The van der Waals surface area contributed by atoms with Crippen molar-refractivity contribution in [3.63, 3.8) is 0 Å². The minimum atomic E-state index is -0.0975. The highest BCUT2D eigenvalue weighted by molar-refractivity contribution is 5.94. The topological polar surface area (TPSA) is 95.1 Å². The molecule has 0 aliphatic carbocycles. The van der Waals surface area contributed by atoms with E-state index < -0.39 is 0 Å². The highest BCUT2D eigenvalue weighted by Gasteiger charge is 2.29. The Hall–Kier alpha value is -3.94. The van der Waals surface area contributed by atoms with Crippen molar-refractivity contribution in [1.29, 1.82) is 0 Å². The van der Waals surface area contributed by atoms with E-state index in [4.69, 9.17) is 14.3 Å². The van der Waals surface area contributed by atoms with Crippen LogP contribution in [0.4, 0.5) is 0 Å². The third-order valence-electron chi connectivity index (χ3n) is 5.38. The Balaban J connectivity index is 1.56. The summed E-state index contributed by atoms with van der Waals surface area (Å²) in [6, 6.07) is 15.2. The smallest absolute Gasteiger partial charge is 0.268 e. The number of fused-ring (bicyclic) bond motifs is 3. The van der Waals surface area contributed by atoms with Gasteiger partial charge in [-0.15, -0.1) is 10.2 Å². The van der Waals surface area contributed by atoms with Gasteiger partial charge in [0.2, 0.25) is 5.89 Å². The van der Waals surface area contributed by atoms with E-state index in [1.165, 1.54) is 0 Å². The van der Waals surface area contributed by atoms with Crippen LogP contribution in [0.1, 0.15) is 42.6 Å². The Bertz CT molecular complexity index is 1330. The van der Waals surface area contributed by atoms with E-state index in [-0.39, 0.29) is 11.3 Å². The van der Waals surface area contributed by atoms with E-state index in [0.29, 0.717) is 36.2 Å². The highest BCUT2D eigenvalue weighted by Crippen LogP contribution is 2.42. The lowest BCUT2D eigenvalue weighted by molar-refractivity contribution is 0.0939. The monoisotopic (exact) mass is 443 g/mol. The summed E-state index contributed by atoms with van der Waals surface area (Å²) in [4.78, 5) is 12.5. The van der Waals surface area contributed by atoms with Gasteiger partial charge in [0.1, 0.15) is 12.4 Å². The number of rotatable bonds is 4. The summed E-state index contributed by atoms with van der Waals surface area (Å²) in [6.45, 7) is 8.94. The molecule has 1 N–H and O–H groups in total. The maximum absolute atomic E-state index is 12.5. The van der Waals surface area contributed by atoms with E-state index in [1.807, 2.05) is 53.2 Å². The lowest BCUT2D eigenvalue weighted by Crippen LogP contribution is -2.32. The fourth-order valence-corrected chi connectivity index (χ4v) is 3.75. The molecule has 1 aliphatic heterocycles. The zero-order valence-electron chi connectivity index (χ0n) is 19.0. The van der Waals surface area contributed by atoms with Gasteiger partial charge in [0, 0.05) is 30.2 Å². The van der Waals surface area contributed by atoms with E-state index in [1.54, 1.807) is 6.92 Å². The van der Waals surface area contributed by atoms with Gasteiger partial charge >= 0.3 is 0 Å². The highest BCUT2D eigenvalue weighted by atomic mass is 16.5. The number of carbonyl (C=O) groups excluding carboxylic acids is 1. The number of hydrogen-bond acceptors (Lipinski definition) is 6. The molecule has 1 aliphatic rings. The number of benzene rings is 2. The van der Waals surface area contributed by atoms with Crippen molar-refractivity contribution >= 4 is 5.91 Å². The van der Waals surface area contributed by atoms with Crippen molar-refractivity contribution in [2.45, 2.75) is 34.3 Å². The van der Waals surface area contributed by atoms with Crippen molar-refractivity contribution in [2.75, 3.05) is 6.54 Å². The Morgan fingerprint density at radius 2 is 1.85 bits per heavy atom. The maximum Gasteiger partial charge on any atom is 0.268 e. The summed E-state index contributed by atoms with van der Waals surface area (Å²) in [5, 5.41) is 15.9. The standard InChI is InChI=1S/C25H25N5O3/c1-15-27-28-24(33-15)21-19-13-32-20-8-6-5-7-18(20)22(19)30(29-21)17-11-9-16(10-12-17)23(31)26-14-25(2,3)4/h5-12H,13-14H2,1-4H3,(H,26,31). The normalized spacial score (nSPS) is 12.6. The van der Waals surface area contributed by atoms with Gasteiger partial charge in [-0.3, -0.25) is 4.79 Å². The summed E-state index contributed by atoms with van der Waals surface area (Å²) in [5.41, 5.74) is 4.74. The van der Waals surface area contributed by atoms with Gasteiger partial charge < -0.3 is 14.5 Å². The predicted molar refractivity (Wildman–Crippen MR) is 123 cm³/mol. The lowest BCUT2D eigenvalue weighted by Gasteiger charge is -2.20. The molecule has 0 fully saturated rings. The van der Waals surface area contributed by atoms with E-state index in [9.17, 15) is 4.79 Å². The van der Waals surface area contributed by atoms with E-state index >= 15 is 0 Å². The molecule has 0 unspecified atom stereocenters. The number of aromatic nitrogens is 4. The molecule has 0 saturated carbocycles. The predicted octanol–water partition coefficient (Wildman–Crippen LogP) is 4.57. The first-order chi connectivity index (χ1) is 15.8. The molecular weight excluding hydrogens is 418 g/mol. The zero-order valence-corrected chi connectivity index (χ0v) is 19.0. The van der Waals surface area contributed by atoms with Crippen molar-refractivity contribution in [1.82, 2.24) is 25.3 Å². The Morgan fingerprint density at radius 3 is 2.55 bits per heavy atom. The summed E-state index contributed by atoms with van der Waals surface area (Å²) < 4.78 is 13.5. The molecule has 0 saturated heterocycles. The molecule has 4 aromatic rings. The summed E-state index contributed by atoms with van der Waals surface area (Å²) in [6.07, 6.45) is 0. The average molecular weight is 444 g/mol. The van der Waals surface area contributed by atoms with Crippen molar-refractivity contribution in [2.24, 2.45) is 5.41 Å². The Kier molecular flexibility index (Phi) is 5.00. The van der Waals surface area contributed by atoms with Crippen LogP contribution < -0.4 is 10.1 Å². The number of amides is 1. The van der Waals surface area contributed by atoms with Crippen molar-refractivity contribution < 1.29 is 13.9 Å². The molecule has 8 nitrogen and oxygen atoms in total. The lowest BCUT2D eigenvalue weighted by atomic mass is 9.97. The average Bonchev–Trinajstić information content (AvgIpc) is 3.41. The number of nitrogens with zero attached hydrogens (tertiary/aromatic N) is 4. The first-order valence-corrected chi connectivity index (χ1v) is 10.8. The third-order valence-corrected chi connectivity index (χ3v) is 5.38. The van der Waals surface area contributed by atoms with Crippen molar-refractivity contribution in [3.05, 3.63) is 65.5 Å². The van der Waals surface area contributed by atoms with Crippen LogP contribution in [0.15, 0.2) is 52.9 Å². The number of para-hydroxylation sites is 1. The number of nitrogens with one attached hydrogen (secondary N) is 1. The molecule has 168 valence electrons. The van der Waals surface area contributed by atoms with Crippen LogP contribution >= 0.6 is 0 Å². The SMILES string of the molecule is Cc1nnc(-c2nn(-c3ccc(C(=O)NCC(C)(C)C)cc3)c3c2COc2ccccc2-3)o1. The number of aryl methyl sites for hydroxylation is 1. The van der Waals surface area contributed by atoms with Crippen LogP contribution in [0, 0.1) is 12.3 Å². The number of hydrogen-bond donors (Lipinski definition) is 1. The number of carbonyl (C=O) groups is 1. The summed E-state index contributed by atoms with van der Waals surface area (Å²) >= 11 is 0. The van der Waals surface area contributed by atoms with Crippen LogP contribution in [0.25, 0.3) is 28.5 Å². The van der Waals surface area contributed by atoms with E-state index in [0.717, 1.165) is 28.3 Å². The molecule has 8 heteroatoms. The molecule has 5 rings (SSSR count). The van der Waals surface area contributed by atoms with E-state index in [2.05, 4.69) is 36.3 Å². The van der Waals surface area contributed by atoms with Gasteiger partial charge in [-0.2, -0.15) is 5.10 Å². The molecule has 0 spiro atoms.